The van der Waals surface area contributed by atoms with Crippen molar-refractivity contribution >= 4 is 5.97 Å². The van der Waals surface area contributed by atoms with Crippen molar-refractivity contribution in [1.29, 1.82) is 0 Å². The monoisotopic (exact) mass is 260 g/mol. The zero-order valence-corrected chi connectivity index (χ0v) is 11.1. The Labute approximate surface area is 106 Å². The molecule has 0 radical (unpaired) electrons. The van der Waals surface area contributed by atoms with E-state index >= 15 is 0 Å². The van der Waals surface area contributed by atoms with Crippen LogP contribution < -0.4 is 0 Å². The van der Waals surface area contributed by atoms with Crippen molar-refractivity contribution in [2.75, 3.05) is 33.0 Å². The zero-order chi connectivity index (χ0) is 13.2. The molecule has 6 nitrogen and oxygen atoms in total. The molecule has 0 saturated carbocycles. The van der Waals surface area contributed by atoms with Crippen LogP contribution in [0.1, 0.15) is 20.8 Å². The molecule has 0 aromatic heterocycles. The minimum Gasteiger partial charge on any atom is -0.465 e. The van der Waals surface area contributed by atoms with Crippen LogP contribution >= 0.6 is 0 Å². The standard InChI is InChI=1S/C12H20O6/c1-4-14-9(13)11(2,10-15-5-6-16-10)12(3)17-7-8-18-12/h10H,4-8H2,1-3H3. The van der Waals surface area contributed by atoms with Gasteiger partial charge in [0.1, 0.15) is 0 Å². The fourth-order valence-corrected chi connectivity index (χ4v) is 2.28. The normalized spacial score (nSPS) is 27.1. The summed E-state index contributed by atoms with van der Waals surface area (Å²) in [6.07, 6.45) is -0.709. The summed E-state index contributed by atoms with van der Waals surface area (Å²) in [5.41, 5.74) is -1.14. The van der Waals surface area contributed by atoms with Crippen LogP contribution in [0.2, 0.25) is 0 Å². The van der Waals surface area contributed by atoms with E-state index in [2.05, 4.69) is 0 Å². The van der Waals surface area contributed by atoms with Crippen LogP contribution in [-0.2, 0) is 28.5 Å². The Kier molecular flexibility index (Phi) is 3.91. The Morgan fingerprint density at radius 1 is 1.28 bits per heavy atom. The molecule has 0 aliphatic carbocycles. The first-order chi connectivity index (χ1) is 8.54. The number of hydrogen-bond donors (Lipinski definition) is 0. The second kappa shape index (κ2) is 5.13. The SMILES string of the molecule is CCOC(=O)C(C)(C1OCCO1)C1(C)OCCO1. The van der Waals surface area contributed by atoms with Crippen LogP contribution in [0.25, 0.3) is 0 Å². The third-order valence-corrected chi connectivity index (χ3v) is 3.57. The maximum absolute atomic E-state index is 12.3. The number of hydrogen-bond acceptors (Lipinski definition) is 6. The molecule has 0 bridgehead atoms. The van der Waals surface area contributed by atoms with E-state index in [1.807, 2.05) is 0 Å². The highest BCUT2D eigenvalue weighted by Crippen LogP contribution is 2.44. The highest BCUT2D eigenvalue weighted by atomic mass is 16.8. The van der Waals surface area contributed by atoms with Crippen LogP contribution in [0.15, 0.2) is 0 Å². The maximum Gasteiger partial charge on any atom is 0.322 e. The van der Waals surface area contributed by atoms with E-state index in [0.717, 1.165) is 0 Å². The van der Waals surface area contributed by atoms with E-state index in [1.165, 1.54) is 0 Å². The van der Waals surface area contributed by atoms with Crippen molar-refractivity contribution in [3.05, 3.63) is 0 Å². The van der Waals surface area contributed by atoms with Crippen LogP contribution in [-0.4, -0.2) is 51.1 Å². The van der Waals surface area contributed by atoms with E-state index in [-0.39, 0.29) is 6.61 Å². The predicted molar refractivity (Wildman–Crippen MR) is 60.7 cm³/mol. The molecular weight excluding hydrogens is 240 g/mol. The molecule has 1 atom stereocenters. The van der Waals surface area contributed by atoms with Crippen LogP contribution in [0.3, 0.4) is 0 Å². The third kappa shape index (κ3) is 2.03. The molecule has 2 saturated heterocycles. The number of ether oxygens (including phenoxy) is 5. The molecule has 2 fully saturated rings. The Morgan fingerprint density at radius 3 is 2.33 bits per heavy atom. The van der Waals surface area contributed by atoms with Crippen LogP contribution in [0.5, 0.6) is 0 Å². The van der Waals surface area contributed by atoms with E-state index in [4.69, 9.17) is 23.7 Å². The average Bonchev–Trinajstić information content (AvgIpc) is 2.99. The Morgan fingerprint density at radius 2 is 1.83 bits per heavy atom. The molecule has 1 unspecified atom stereocenters. The summed E-state index contributed by atoms with van der Waals surface area (Å²) in [6, 6.07) is 0. The first-order valence-corrected chi connectivity index (χ1v) is 6.23. The van der Waals surface area contributed by atoms with E-state index in [0.29, 0.717) is 26.4 Å². The van der Waals surface area contributed by atoms with Crippen molar-refractivity contribution in [2.24, 2.45) is 5.41 Å². The van der Waals surface area contributed by atoms with Gasteiger partial charge < -0.3 is 23.7 Å². The molecule has 0 N–H and O–H groups in total. The second-order valence-electron chi connectivity index (χ2n) is 4.64. The molecule has 2 rings (SSSR count). The van der Waals surface area contributed by atoms with Crippen molar-refractivity contribution in [2.45, 2.75) is 32.8 Å². The molecule has 0 spiro atoms. The van der Waals surface area contributed by atoms with E-state index in [1.54, 1.807) is 20.8 Å². The lowest BCUT2D eigenvalue weighted by molar-refractivity contribution is -0.282. The van der Waals surface area contributed by atoms with Crippen molar-refractivity contribution in [3.63, 3.8) is 0 Å². The number of esters is 1. The fraction of sp³-hybridized carbons (Fsp3) is 0.917. The van der Waals surface area contributed by atoms with Gasteiger partial charge in [-0.05, 0) is 20.8 Å². The minimum absolute atomic E-state index is 0.289. The van der Waals surface area contributed by atoms with Gasteiger partial charge in [0.05, 0.1) is 33.0 Å². The summed E-state index contributed by atoms with van der Waals surface area (Å²) < 4.78 is 27.3. The molecule has 2 aliphatic heterocycles. The average molecular weight is 260 g/mol. The van der Waals surface area contributed by atoms with Gasteiger partial charge in [-0.15, -0.1) is 0 Å². The topological polar surface area (TPSA) is 63.2 Å². The summed E-state index contributed by atoms with van der Waals surface area (Å²) in [7, 11) is 0. The van der Waals surface area contributed by atoms with Gasteiger partial charge in [-0.2, -0.15) is 0 Å². The van der Waals surface area contributed by atoms with E-state index < -0.39 is 23.5 Å². The van der Waals surface area contributed by atoms with Gasteiger partial charge in [0.15, 0.2) is 17.5 Å². The van der Waals surface area contributed by atoms with Crippen molar-refractivity contribution < 1.29 is 28.5 Å². The summed E-state index contributed by atoms with van der Waals surface area (Å²) in [6.45, 7) is 7.26. The Balaban J connectivity index is 2.28. The lowest BCUT2D eigenvalue weighted by Crippen LogP contribution is -2.58. The van der Waals surface area contributed by atoms with Gasteiger partial charge in [-0.1, -0.05) is 0 Å². The molecule has 2 aliphatic rings. The molecule has 6 heteroatoms. The molecular formula is C12H20O6. The zero-order valence-electron chi connectivity index (χ0n) is 11.1. The molecule has 18 heavy (non-hydrogen) atoms. The fourth-order valence-electron chi connectivity index (χ4n) is 2.28. The quantitative estimate of drug-likeness (QED) is 0.693. The first kappa shape index (κ1) is 13.7. The highest BCUT2D eigenvalue weighted by molar-refractivity contribution is 5.78. The lowest BCUT2D eigenvalue weighted by Gasteiger charge is -2.41. The van der Waals surface area contributed by atoms with E-state index in [9.17, 15) is 4.79 Å². The lowest BCUT2D eigenvalue weighted by atomic mass is 9.80. The molecule has 0 aromatic rings. The van der Waals surface area contributed by atoms with Crippen LogP contribution in [0, 0.1) is 5.41 Å². The summed E-state index contributed by atoms with van der Waals surface area (Å²) in [5, 5.41) is 0. The minimum atomic E-state index is -1.14. The van der Waals surface area contributed by atoms with Crippen molar-refractivity contribution in [3.8, 4) is 0 Å². The maximum atomic E-state index is 12.3. The number of carbonyl (C=O) groups is 1. The summed E-state index contributed by atoms with van der Waals surface area (Å²) in [5.74, 6) is -1.52. The van der Waals surface area contributed by atoms with Gasteiger partial charge in [0, 0.05) is 0 Å². The predicted octanol–water partition coefficient (Wildman–Crippen LogP) is 0.692. The molecule has 0 amide bonds. The summed E-state index contributed by atoms with van der Waals surface area (Å²) in [4.78, 5) is 12.3. The van der Waals surface area contributed by atoms with Gasteiger partial charge in [-0.3, -0.25) is 4.79 Å². The Hall–Kier alpha value is -0.690. The van der Waals surface area contributed by atoms with Crippen molar-refractivity contribution in [1.82, 2.24) is 0 Å². The smallest absolute Gasteiger partial charge is 0.322 e. The third-order valence-electron chi connectivity index (χ3n) is 3.57. The van der Waals surface area contributed by atoms with Gasteiger partial charge >= 0.3 is 5.97 Å². The molecule has 0 aromatic carbocycles. The van der Waals surface area contributed by atoms with Gasteiger partial charge in [0.2, 0.25) is 0 Å². The second-order valence-corrected chi connectivity index (χ2v) is 4.64. The number of carbonyl (C=O) groups excluding carboxylic acids is 1. The van der Waals surface area contributed by atoms with Gasteiger partial charge in [-0.25, -0.2) is 0 Å². The first-order valence-electron chi connectivity index (χ1n) is 6.23. The molecule has 104 valence electrons. The summed E-state index contributed by atoms with van der Waals surface area (Å²) >= 11 is 0. The van der Waals surface area contributed by atoms with Gasteiger partial charge in [0.25, 0.3) is 0 Å². The largest absolute Gasteiger partial charge is 0.465 e. The van der Waals surface area contributed by atoms with Crippen LogP contribution in [0.4, 0.5) is 0 Å². The number of rotatable bonds is 4. The Bertz CT molecular complexity index is 306. The highest BCUT2D eigenvalue weighted by Gasteiger charge is 2.62. The molecule has 2 heterocycles.